The maximum atomic E-state index is 13.0. The van der Waals surface area contributed by atoms with Crippen LogP contribution in [0.15, 0.2) is 53.3 Å². The molecule has 0 amide bonds. The van der Waals surface area contributed by atoms with E-state index in [-0.39, 0.29) is 17.5 Å². The molecule has 8 heteroatoms. The van der Waals surface area contributed by atoms with Crippen LogP contribution in [0.3, 0.4) is 0 Å². The number of hydrogen-bond donors (Lipinski definition) is 2. The molecular formula is C23H27N5O3. The van der Waals surface area contributed by atoms with Crippen LogP contribution >= 0.6 is 0 Å². The summed E-state index contributed by atoms with van der Waals surface area (Å²) in [5.74, 6) is 0.624. The Labute approximate surface area is 180 Å². The van der Waals surface area contributed by atoms with Gasteiger partial charge in [-0.15, -0.1) is 5.10 Å². The standard InChI is InChI=1S/C23H27N5O3/c1-15(2)14-31-21(29)13-6-17-4-9-19(10-5-17)27-16(3)26-28(23(27)30)20-11-7-18(8-12-20)22(24)25/h4-5,7-12,15H,6,13-14H2,1-3H3,(H3,24,25). The Morgan fingerprint density at radius 3 is 2.29 bits per heavy atom. The largest absolute Gasteiger partial charge is 0.465 e. The number of nitrogens with zero attached hydrogens (tertiary/aromatic N) is 3. The van der Waals surface area contributed by atoms with Crippen molar-refractivity contribution in [3.63, 3.8) is 0 Å². The molecule has 0 aliphatic carbocycles. The van der Waals surface area contributed by atoms with Crippen molar-refractivity contribution >= 4 is 11.8 Å². The number of benzene rings is 2. The third-order valence-electron chi connectivity index (χ3n) is 4.75. The van der Waals surface area contributed by atoms with Crippen LogP contribution in [0.2, 0.25) is 0 Å². The lowest BCUT2D eigenvalue weighted by Gasteiger charge is -2.08. The highest BCUT2D eigenvalue weighted by molar-refractivity contribution is 5.95. The Bertz CT molecular complexity index is 1130. The summed E-state index contributed by atoms with van der Waals surface area (Å²) >= 11 is 0. The van der Waals surface area contributed by atoms with Crippen LogP contribution in [0.4, 0.5) is 0 Å². The normalized spacial score (nSPS) is 11.0. The van der Waals surface area contributed by atoms with E-state index in [1.165, 1.54) is 9.25 Å². The second kappa shape index (κ2) is 9.42. The van der Waals surface area contributed by atoms with Gasteiger partial charge in [0.25, 0.3) is 0 Å². The van der Waals surface area contributed by atoms with Gasteiger partial charge >= 0.3 is 11.7 Å². The molecule has 0 fully saturated rings. The van der Waals surface area contributed by atoms with Crippen LogP contribution in [-0.4, -0.2) is 32.8 Å². The second-order valence-corrected chi connectivity index (χ2v) is 7.78. The fourth-order valence-electron chi connectivity index (χ4n) is 3.10. The number of carbonyl (C=O) groups excluding carboxylic acids is 1. The number of amidine groups is 1. The number of hydrogen-bond acceptors (Lipinski definition) is 5. The van der Waals surface area contributed by atoms with Gasteiger partial charge < -0.3 is 10.5 Å². The zero-order valence-corrected chi connectivity index (χ0v) is 18.0. The molecule has 0 aliphatic rings. The van der Waals surface area contributed by atoms with Crippen molar-refractivity contribution in [1.82, 2.24) is 14.3 Å². The molecule has 0 bridgehead atoms. The minimum absolute atomic E-state index is 0.0334. The van der Waals surface area contributed by atoms with Gasteiger partial charge in [-0.1, -0.05) is 26.0 Å². The van der Waals surface area contributed by atoms with Crippen molar-refractivity contribution in [1.29, 1.82) is 5.41 Å². The van der Waals surface area contributed by atoms with Crippen molar-refractivity contribution in [2.45, 2.75) is 33.6 Å². The number of aromatic nitrogens is 3. The molecular weight excluding hydrogens is 394 g/mol. The van der Waals surface area contributed by atoms with Gasteiger partial charge in [0.2, 0.25) is 0 Å². The summed E-state index contributed by atoms with van der Waals surface area (Å²) < 4.78 is 8.05. The summed E-state index contributed by atoms with van der Waals surface area (Å²) in [4.78, 5) is 24.8. The number of esters is 1. The van der Waals surface area contributed by atoms with E-state index in [1.807, 2.05) is 38.1 Å². The Hall–Kier alpha value is -3.68. The van der Waals surface area contributed by atoms with Crippen LogP contribution in [0, 0.1) is 18.3 Å². The van der Waals surface area contributed by atoms with Gasteiger partial charge in [-0.3, -0.25) is 10.2 Å². The molecule has 162 valence electrons. The van der Waals surface area contributed by atoms with Crippen LogP contribution < -0.4 is 11.4 Å². The summed E-state index contributed by atoms with van der Waals surface area (Å²) in [5, 5.41) is 11.8. The fourth-order valence-corrected chi connectivity index (χ4v) is 3.10. The molecule has 0 atom stereocenters. The quantitative estimate of drug-likeness (QED) is 0.330. The van der Waals surface area contributed by atoms with E-state index in [4.69, 9.17) is 15.9 Å². The zero-order valence-electron chi connectivity index (χ0n) is 18.0. The minimum Gasteiger partial charge on any atom is -0.465 e. The van der Waals surface area contributed by atoms with Crippen LogP contribution in [0.1, 0.15) is 37.2 Å². The van der Waals surface area contributed by atoms with Crippen LogP contribution in [0.25, 0.3) is 11.4 Å². The van der Waals surface area contributed by atoms with E-state index >= 15 is 0 Å². The summed E-state index contributed by atoms with van der Waals surface area (Å²) in [5.41, 5.74) is 8.04. The lowest BCUT2D eigenvalue weighted by atomic mass is 10.1. The molecule has 3 rings (SSSR count). The zero-order chi connectivity index (χ0) is 22.5. The first-order valence-electron chi connectivity index (χ1n) is 10.1. The number of carbonyl (C=O) groups is 1. The van der Waals surface area contributed by atoms with Gasteiger partial charge in [0.1, 0.15) is 11.7 Å². The van der Waals surface area contributed by atoms with Gasteiger partial charge in [-0.2, -0.15) is 4.68 Å². The highest BCUT2D eigenvalue weighted by atomic mass is 16.5. The van der Waals surface area contributed by atoms with Gasteiger partial charge in [0.05, 0.1) is 18.0 Å². The number of nitrogens with two attached hydrogens (primary N) is 1. The average Bonchev–Trinajstić information content (AvgIpc) is 3.05. The Balaban J connectivity index is 1.75. The first-order chi connectivity index (χ1) is 14.8. The molecule has 3 N–H and O–H groups in total. The topological polar surface area (TPSA) is 116 Å². The molecule has 0 saturated heterocycles. The lowest BCUT2D eigenvalue weighted by Crippen LogP contribution is -2.23. The maximum Gasteiger partial charge on any atom is 0.355 e. The second-order valence-electron chi connectivity index (χ2n) is 7.78. The van der Waals surface area contributed by atoms with Gasteiger partial charge in [0.15, 0.2) is 0 Å². The number of aryl methyl sites for hydroxylation is 2. The van der Waals surface area contributed by atoms with E-state index in [1.54, 1.807) is 31.2 Å². The molecule has 0 spiro atoms. The fraction of sp³-hybridized carbons (Fsp3) is 0.304. The van der Waals surface area contributed by atoms with Gasteiger partial charge in [-0.05, 0) is 61.2 Å². The van der Waals surface area contributed by atoms with Gasteiger partial charge in [0, 0.05) is 12.0 Å². The highest BCUT2D eigenvalue weighted by Gasteiger charge is 2.14. The van der Waals surface area contributed by atoms with Crippen molar-refractivity contribution in [3.05, 3.63) is 76.0 Å². The smallest absolute Gasteiger partial charge is 0.355 e. The lowest BCUT2D eigenvalue weighted by molar-refractivity contribution is -0.144. The Morgan fingerprint density at radius 1 is 1.10 bits per heavy atom. The molecule has 31 heavy (non-hydrogen) atoms. The summed E-state index contributed by atoms with van der Waals surface area (Å²) in [6.45, 7) is 6.19. The molecule has 0 unspecified atom stereocenters. The number of nitrogens with one attached hydrogen (secondary N) is 1. The number of nitrogen functional groups attached to an aromatic ring is 1. The van der Waals surface area contributed by atoms with Crippen molar-refractivity contribution in [2.24, 2.45) is 11.7 Å². The Kier molecular flexibility index (Phi) is 6.69. The number of ether oxygens (including phenoxy) is 1. The van der Waals surface area contributed by atoms with E-state index in [9.17, 15) is 9.59 Å². The number of rotatable bonds is 8. The third-order valence-corrected chi connectivity index (χ3v) is 4.75. The summed E-state index contributed by atoms with van der Waals surface area (Å²) in [6, 6.07) is 14.2. The molecule has 3 aromatic rings. The SMILES string of the molecule is Cc1nn(-c2ccc(C(=N)N)cc2)c(=O)n1-c1ccc(CCC(=O)OCC(C)C)cc1. The van der Waals surface area contributed by atoms with Gasteiger partial charge in [-0.25, -0.2) is 9.36 Å². The van der Waals surface area contributed by atoms with E-state index in [2.05, 4.69) is 5.10 Å². The summed E-state index contributed by atoms with van der Waals surface area (Å²) in [7, 11) is 0. The Morgan fingerprint density at radius 2 is 1.71 bits per heavy atom. The van der Waals surface area contributed by atoms with E-state index < -0.39 is 0 Å². The molecule has 1 aromatic heterocycles. The van der Waals surface area contributed by atoms with Crippen LogP contribution in [0.5, 0.6) is 0 Å². The molecule has 0 saturated carbocycles. The predicted molar refractivity (Wildman–Crippen MR) is 119 cm³/mol. The van der Waals surface area contributed by atoms with Crippen molar-refractivity contribution in [2.75, 3.05) is 6.61 Å². The first kappa shape index (κ1) is 22.0. The maximum absolute atomic E-state index is 13.0. The third kappa shape index (κ3) is 5.28. The molecule has 0 aliphatic heterocycles. The monoisotopic (exact) mass is 421 g/mol. The average molecular weight is 422 g/mol. The molecule has 2 aromatic carbocycles. The van der Waals surface area contributed by atoms with E-state index in [0.29, 0.717) is 48.1 Å². The minimum atomic E-state index is -0.293. The summed E-state index contributed by atoms with van der Waals surface area (Å²) in [6.07, 6.45) is 0.895. The van der Waals surface area contributed by atoms with Crippen molar-refractivity contribution < 1.29 is 9.53 Å². The predicted octanol–water partition coefficient (Wildman–Crippen LogP) is 2.75. The van der Waals surface area contributed by atoms with Crippen LogP contribution in [-0.2, 0) is 16.0 Å². The van der Waals surface area contributed by atoms with E-state index in [0.717, 1.165) is 5.56 Å². The molecule has 1 heterocycles. The molecule has 0 radical (unpaired) electrons. The highest BCUT2D eigenvalue weighted by Crippen LogP contribution is 2.13. The van der Waals surface area contributed by atoms with Crippen molar-refractivity contribution in [3.8, 4) is 11.4 Å². The first-order valence-corrected chi connectivity index (χ1v) is 10.1. The molecule has 8 nitrogen and oxygen atoms in total.